The Kier molecular flexibility index (Phi) is 6.35. The molecule has 0 radical (unpaired) electrons. The summed E-state index contributed by atoms with van der Waals surface area (Å²) in [5.74, 6) is 0.331. The fourth-order valence-electron chi connectivity index (χ4n) is 2.29. The Balaban J connectivity index is 2.04. The zero-order chi connectivity index (χ0) is 18.4. The summed E-state index contributed by atoms with van der Waals surface area (Å²) < 4.78 is 37.2. The topological polar surface area (TPSA) is 97.6 Å². The third-order valence-electron chi connectivity index (χ3n) is 3.52. The first-order valence-corrected chi connectivity index (χ1v) is 9.27. The van der Waals surface area contributed by atoms with E-state index in [9.17, 15) is 13.2 Å². The molecule has 0 aliphatic carbocycles. The summed E-state index contributed by atoms with van der Waals surface area (Å²) in [6.07, 6.45) is 1.54. The van der Waals surface area contributed by atoms with E-state index in [1.807, 2.05) is 0 Å². The Labute approximate surface area is 147 Å². The van der Waals surface area contributed by atoms with Crippen LogP contribution in [0.2, 0.25) is 0 Å². The summed E-state index contributed by atoms with van der Waals surface area (Å²) in [5.41, 5.74) is 0.363. The van der Waals surface area contributed by atoms with Crippen molar-refractivity contribution in [2.75, 3.05) is 13.7 Å². The molecule has 0 saturated carbocycles. The molecule has 0 bridgehead atoms. The van der Waals surface area contributed by atoms with E-state index in [-0.39, 0.29) is 29.5 Å². The first kappa shape index (κ1) is 19.2. The fraction of sp³-hybridized carbons (Fsp3) is 0.353. The van der Waals surface area contributed by atoms with Crippen molar-refractivity contribution in [1.29, 1.82) is 0 Å². The summed E-state index contributed by atoms with van der Waals surface area (Å²) in [5, 5.41) is 2.79. The standard InChI is InChI=1S/C17H22N2O5S/c1-12(11-23-3)19-25(21,22)15-8-6-14(7-9-15)17(20)18-13(2)16-5-4-10-24-16/h4-10,12-13,19H,11H2,1-3H3,(H,18,20)/t12-,13-/m0/s1. The van der Waals surface area contributed by atoms with Crippen LogP contribution in [0.4, 0.5) is 0 Å². The van der Waals surface area contributed by atoms with Crippen molar-refractivity contribution in [2.24, 2.45) is 0 Å². The summed E-state index contributed by atoms with van der Waals surface area (Å²) in [7, 11) is -2.16. The third kappa shape index (κ3) is 5.15. The molecule has 0 unspecified atom stereocenters. The highest BCUT2D eigenvalue weighted by molar-refractivity contribution is 7.89. The molecule has 7 nitrogen and oxygen atoms in total. The Bertz CT molecular complexity index is 785. The second-order valence-electron chi connectivity index (χ2n) is 5.71. The van der Waals surface area contributed by atoms with Crippen LogP contribution < -0.4 is 10.0 Å². The van der Waals surface area contributed by atoms with Gasteiger partial charge >= 0.3 is 0 Å². The first-order chi connectivity index (χ1) is 11.8. The van der Waals surface area contributed by atoms with Crippen molar-refractivity contribution in [1.82, 2.24) is 10.0 Å². The van der Waals surface area contributed by atoms with Gasteiger partial charge in [0.2, 0.25) is 10.0 Å². The number of furan rings is 1. The summed E-state index contributed by atoms with van der Waals surface area (Å²) >= 11 is 0. The normalized spacial score (nSPS) is 14.0. The second kappa shape index (κ2) is 8.28. The maximum Gasteiger partial charge on any atom is 0.251 e. The Morgan fingerprint density at radius 1 is 1.20 bits per heavy atom. The molecule has 2 atom stereocenters. The number of methoxy groups -OCH3 is 1. The highest BCUT2D eigenvalue weighted by atomic mass is 32.2. The van der Waals surface area contributed by atoms with Gasteiger partial charge in [-0.3, -0.25) is 4.79 Å². The molecule has 2 rings (SSSR count). The lowest BCUT2D eigenvalue weighted by molar-refractivity contribution is 0.0935. The minimum absolute atomic E-state index is 0.0890. The molecule has 0 aliphatic heterocycles. The van der Waals surface area contributed by atoms with E-state index < -0.39 is 10.0 Å². The Morgan fingerprint density at radius 3 is 2.44 bits per heavy atom. The monoisotopic (exact) mass is 366 g/mol. The second-order valence-corrected chi connectivity index (χ2v) is 7.43. The molecule has 0 fully saturated rings. The van der Waals surface area contributed by atoms with E-state index in [1.165, 1.54) is 37.6 Å². The average molecular weight is 366 g/mol. The maximum absolute atomic E-state index is 12.3. The van der Waals surface area contributed by atoms with Crippen LogP contribution in [-0.4, -0.2) is 34.1 Å². The zero-order valence-electron chi connectivity index (χ0n) is 14.4. The molecule has 0 saturated heterocycles. The number of rotatable bonds is 8. The molecule has 1 amide bonds. The van der Waals surface area contributed by atoms with Crippen LogP contribution in [0, 0.1) is 0 Å². The van der Waals surface area contributed by atoms with Gasteiger partial charge in [-0.1, -0.05) is 0 Å². The van der Waals surface area contributed by atoms with Crippen LogP contribution in [0.15, 0.2) is 52.0 Å². The smallest absolute Gasteiger partial charge is 0.251 e. The van der Waals surface area contributed by atoms with E-state index in [2.05, 4.69) is 10.0 Å². The van der Waals surface area contributed by atoms with Gasteiger partial charge in [0.05, 0.1) is 23.8 Å². The van der Waals surface area contributed by atoms with Gasteiger partial charge in [0.15, 0.2) is 0 Å². The quantitative estimate of drug-likeness (QED) is 0.745. The SMILES string of the molecule is COC[C@H](C)NS(=O)(=O)c1ccc(C(=O)N[C@@H](C)c2ccco2)cc1. The predicted molar refractivity (Wildman–Crippen MR) is 92.7 cm³/mol. The minimum Gasteiger partial charge on any atom is -0.467 e. The molecule has 0 aliphatic rings. The molecule has 0 spiro atoms. The fourth-order valence-corrected chi connectivity index (χ4v) is 3.52. The number of benzene rings is 1. The van der Waals surface area contributed by atoms with Crippen molar-refractivity contribution >= 4 is 15.9 Å². The van der Waals surface area contributed by atoms with Crippen LogP contribution in [-0.2, 0) is 14.8 Å². The zero-order valence-corrected chi connectivity index (χ0v) is 15.2. The van der Waals surface area contributed by atoms with E-state index >= 15 is 0 Å². The molecular weight excluding hydrogens is 344 g/mol. The van der Waals surface area contributed by atoms with Crippen molar-refractivity contribution < 1.29 is 22.4 Å². The van der Waals surface area contributed by atoms with E-state index in [4.69, 9.17) is 9.15 Å². The van der Waals surface area contributed by atoms with Gasteiger partial charge in [-0.2, -0.15) is 0 Å². The van der Waals surface area contributed by atoms with E-state index in [0.29, 0.717) is 11.3 Å². The third-order valence-corrected chi connectivity index (χ3v) is 5.12. The number of hydrogen-bond donors (Lipinski definition) is 2. The number of ether oxygens (including phenoxy) is 1. The number of carbonyl (C=O) groups is 1. The van der Waals surface area contributed by atoms with Gasteiger partial charge in [0, 0.05) is 18.7 Å². The average Bonchev–Trinajstić information content (AvgIpc) is 3.09. The Morgan fingerprint density at radius 2 is 1.88 bits per heavy atom. The van der Waals surface area contributed by atoms with Gasteiger partial charge in [-0.05, 0) is 50.2 Å². The van der Waals surface area contributed by atoms with Crippen molar-refractivity contribution in [3.8, 4) is 0 Å². The van der Waals surface area contributed by atoms with Crippen LogP contribution in [0.3, 0.4) is 0 Å². The Hall–Kier alpha value is -2.16. The molecule has 1 aromatic heterocycles. The van der Waals surface area contributed by atoms with Crippen molar-refractivity contribution in [3.05, 3.63) is 54.0 Å². The number of amides is 1. The van der Waals surface area contributed by atoms with Crippen molar-refractivity contribution in [2.45, 2.75) is 30.8 Å². The highest BCUT2D eigenvalue weighted by Crippen LogP contribution is 2.15. The molecule has 8 heteroatoms. The van der Waals surface area contributed by atoms with Crippen LogP contribution in [0.5, 0.6) is 0 Å². The van der Waals surface area contributed by atoms with Crippen LogP contribution in [0.1, 0.15) is 36.0 Å². The molecule has 136 valence electrons. The lowest BCUT2D eigenvalue weighted by Gasteiger charge is -2.14. The molecule has 1 heterocycles. The van der Waals surface area contributed by atoms with Gasteiger partial charge < -0.3 is 14.5 Å². The molecule has 2 N–H and O–H groups in total. The van der Waals surface area contributed by atoms with Gasteiger partial charge in [0.1, 0.15) is 5.76 Å². The molecule has 25 heavy (non-hydrogen) atoms. The lowest BCUT2D eigenvalue weighted by Crippen LogP contribution is -2.35. The number of carbonyl (C=O) groups excluding carboxylic acids is 1. The number of sulfonamides is 1. The highest BCUT2D eigenvalue weighted by Gasteiger charge is 2.18. The number of nitrogens with one attached hydrogen (secondary N) is 2. The number of hydrogen-bond acceptors (Lipinski definition) is 5. The largest absolute Gasteiger partial charge is 0.467 e. The molecular formula is C17H22N2O5S. The summed E-state index contributed by atoms with van der Waals surface area (Å²) in [6.45, 7) is 3.78. The van der Waals surface area contributed by atoms with Gasteiger partial charge in [-0.25, -0.2) is 13.1 Å². The molecule has 2 aromatic rings. The van der Waals surface area contributed by atoms with E-state index in [0.717, 1.165) is 0 Å². The summed E-state index contributed by atoms with van der Waals surface area (Å²) in [4.78, 5) is 12.3. The van der Waals surface area contributed by atoms with Crippen molar-refractivity contribution in [3.63, 3.8) is 0 Å². The maximum atomic E-state index is 12.3. The lowest BCUT2D eigenvalue weighted by atomic mass is 10.2. The molecule has 1 aromatic carbocycles. The van der Waals surface area contributed by atoms with Crippen LogP contribution >= 0.6 is 0 Å². The first-order valence-electron chi connectivity index (χ1n) is 7.79. The van der Waals surface area contributed by atoms with Crippen LogP contribution in [0.25, 0.3) is 0 Å². The minimum atomic E-state index is -3.66. The predicted octanol–water partition coefficient (Wildman–Crippen LogP) is 2.08. The van der Waals surface area contributed by atoms with Gasteiger partial charge in [0.25, 0.3) is 5.91 Å². The summed E-state index contributed by atoms with van der Waals surface area (Å²) in [6, 6.07) is 8.61. The van der Waals surface area contributed by atoms with E-state index in [1.54, 1.807) is 26.0 Å². The van der Waals surface area contributed by atoms with Gasteiger partial charge in [-0.15, -0.1) is 0 Å².